The van der Waals surface area contributed by atoms with Crippen molar-refractivity contribution in [3.05, 3.63) is 0 Å². The molecule has 0 aromatic heterocycles. The quantitative estimate of drug-likeness (QED) is 0.720. The van der Waals surface area contributed by atoms with Crippen LogP contribution < -0.4 is 0 Å². The SMILES string of the molecule is CC(C)CC(CC(=O)O)CN1C(=O)C2CC2C1=O. The van der Waals surface area contributed by atoms with Gasteiger partial charge in [0.2, 0.25) is 11.8 Å². The van der Waals surface area contributed by atoms with Gasteiger partial charge in [-0.05, 0) is 24.7 Å². The summed E-state index contributed by atoms with van der Waals surface area (Å²) in [5.41, 5.74) is 0. The number of imide groups is 1. The summed E-state index contributed by atoms with van der Waals surface area (Å²) in [6.07, 6.45) is 1.44. The Kier molecular flexibility index (Phi) is 3.41. The number of piperidine rings is 1. The summed E-state index contributed by atoms with van der Waals surface area (Å²) in [6, 6.07) is 0. The Hall–Kier alpha value is -1.39. The summed E-state index contributed by atoms with van der Waals surface area (Å²) in [6.45, 7) is 4.30. The van der Waals surface area contributed by atoms with Gasteiger partial charge in [0.25, 0.3) is 0 Å². The zero-order valence-electron chi connectivity index (χ0n) is 10.8. The van der Waals surface area contributed by atoms with Crippen LogP contribution in [0.25, 0.3) is 0 Å². The zero-order chi connectivity index (χ0) is 13.4. The lowest BCUT2D eigenvalue weighted by atomic mass is 9.93. The molecule has 5 nitrogen and oxygen atoms in total. The van der Waals surface area contributed by atoms with Crippen molar-refractivity contribution >= 4 is 17.8 Å². The topological polar surface area (TPSA) is 74.7 Å². The number of likely N-dealkylation sites (tertiary alicyclic amines) is 1. The number of carbonyl (C=O) groups is 3. The fraction of sp³-hybridized carbons (Fsp3) is 0.769. The standard InChI is InChI=1S/C13H19NO4/c1-7(2)3-8(4-11(15)16)6-14-12(17)9-5-10(9)13(14)18/h7-10H,3-6H2,1-2H3,(H,15,16). The van der Waals surface area contributed by atoms with E-state index in [0.29, 0.717) is 12.3 Å². The molecule has 0 bridgehead atoms. The Labute approximate surface area is 106 Å². The maximum Gasteiger partial charge on any atom is 0.303 e. The number of hydrogen-bond acceptors (Lipinski definition) is 3. The van der Waals surface area contributed by atoms with Crippen LogP contribution in [0.15, 0.2) is 0 Å². The van der Waals surface area contributed by atoms with Gasteiger partial charge in [0, 0.05) is 13.0 Å². The number of carboxylic acids is 1. The Morgan fingerprint density at radius 1 is 1.33 bits per heavy atom. The molecule has 2 aliphatic rings. The van der Waals surface area contributed by atoms with Gasteiger partial charge in [-0.3, -0.25) is 19.3 Å². The smallest absolute Gasteiger partial charge is 0.303 e. The summed E-state index contributed by atoms with van der Waals surface area (Å²) >= 11 is 0. The minimum atomic E-state index is -0.870. The predicted molar refractivity (Wildman–Crippen MR) is 63.5 cm³/mol. The molecule has 0 aromatic carbocycles. The third-order valence-corrected chi connectivity index (χ3v) is 3.67. The molecule has 0 aromatic rings. The monoisotopic (exact) mass is 253 g/mol. The molecule has 1 heterocycles. The normalized spacial score (nSPS) is 27.6. The molecule has 3 unspecified atom stereocenters. The van der Waals surface area contributed by atoms with Crippen LogP contribution in [0.3, 0.4) is 0 Å². The molecule has 1 aliphatic heterocycles. The van der Waals surface area contributed by atoms with Crippen molar-refractivity contribution in [2.24, 2.45) is 23.7 Å². The molecule has 2 rings (SSSR count). The van der Waals surface area contributed by atoms with Crippen molar-refractivity contribution in [3.8, 4) is 0 Å². The van der Waals surface area contributed by atoms with E-state index in [-0.39, 0.29) is 42.5 Å². The van der Waals surface area contributed by atoms with E-state index < -0.39 is 5.97 Å². The lowest BCUT2D eigenvalue weighted by Gasteiger charge is -2.24. The van der Waals surface area contributed by atoms with Crippen LogP contribution >= 0.6 is 0 Å². The molecule has 1 saturated heterocycles. The van der Waals surface area contributed by atoms with Crippen LogP contribution in [0.4, 0.5) is 0 Å². The fourth-order valence-corrected chi connectivity index (χ4v) is 2.82. The summed E-state index contributed by atoms with van der Waals surface area (Å²) in [4.78, 5) is 35.7. The number of carboxylic acid groups (broad SMARTS) is 1. The molecule has 1 N–H and O–H groups in total. The number of nitrogens with zero attached hydrogens (tertiary/aromatic N) is 1. The molecule has 0 spiro atoms. The summed E-state index contributed by atoms with van der Waals surface area (Å²) in [5, 5.41) is 8.87. The highest BCUT2D eigenvalue weighted by Gasteiger charge is 2.58. The van der Waals surface area contributed by atoms with E-state index >= 15 is 0 Å². The first kappa shape index (κ1) is 13.1. The highest BCUT2D eigenvalue weighted by atomic mass is 16.4. The van der Waals surface area contributed by atoms with Gasteiger partial charge >= 0.3 is 5.97 Å². The first-order valence-corrected chi connectivity index (χ1v) is 6.47. The third-order valence-electron chi connectivity index (χ3n) is 3.67. The lowest BCUT2D eigenvalue weighted by molar-refractivity contribution is -0.144. The third kappa shape index (κ3) is 2.54. The minimum Gasteiger partial charge on any atom is -0.481 e. The fourth-order valence-electron chi connectivity index (χ4n) is 2.82. The molecule has 0 radical (unpaired) electrons. The zero-order valence-corrected chi connectivity index (χ0v) is 10.8. The van der Waals surface area contributed by atoms with Gasteiger partial charge in [0.1, 0.15) is 0 Å². The van der Waals surface area contributed by atoms with Crippen LogP contribution in [-0.4, -0.2) is 34.3 Å². The molecule has 3 atom stereocenters. The number of hydrogen-bond donors (Lipinski definition) is 1. The Morgan fingerprint density at radius 3 is 2.33 bits per heavy atom. The van der Waals surface area contributed by atoms with Crippen LogP contribution in [0.2, 0.25) is 0 Å². The van der Waals surface area contributed by atoms with Gasteiger partial charge in [0.05, 0.1) is 11.8 Å². The largest absolute Gasteiger partial charge is 0.481 e. The molecule has 2 amide bonds. The molecular weight excluding hydrogens is 234 g/mol. The molecule has 100 valence electrons. The van der Waals surface area contributed by atoms with Crippen LogP contribution in [0.5, 0.6) is 0 Å². The Balaban J connectivity index is 1.97. The average molecular weight is 253 g/mol. The van der Waals surface area contributed by atoms with Crippen LogP contribution in [0, 0.1) is 23.7 Å². The second kappa shape index (κ2) is 4.71. The molecule has 1 saturated carbocycles. The highest BCUT2D eigenvalue weighted by Crippen LogP contribution is 2.47. The van der Waals surface area contributed by atoms with Crippen molar-refractivity contribution in [2.75, 3.05) is 6.54 Å². The number of aliphatic carboxylic acids is 1. The molecular formula is C13H19NO4. The van der Waals surface area contributed by atoms with Gasteiger partial charge in [-0.15, -0.1) is 0 Å². The van der Waals surface area contributed by atoms with Crippen molar-refractivity contribution in [2.45, 2.75) is 33.1 Å². The highest BCUT2D eigenvalue weighted by molar-refractivity contribution is 6.08. The van der Waals surface area contributed by atoms with Crippen molar-refractivity contribution < 1.29 is 19.5 Å². The maximum absolute atomic E-state index is 11.8. The average Bonchev–Trinajstić information content (AvgIpc) is 2.97. The van der Waals surface area contributed by atoms with E-state index in [1.165, 1.54) is 4.90 Å². The predicted octanol–water partition coefficient (Wildman–Crippen LogP) is 1.13. The summed E-state index contributed by atoms with van der Waals surface area (Å²) < 4.78 is 0. The van der Waals surface area contributed by atoms with Crippen molar-refractivity contribution in [3.63, 3.8) is 0 Å². The van der Waals surface area contributed by atoms with E-state index in [4.69, 9.17) is 5.11 Å². The first-order valence-electron chi connectivity index (χ1n) is 6.47. The lowest BCUT2D eigenvalue weighted by Crippen LogP contribution is -2.38. The van der Waals surface area contributed by atoms with Gasteiger partial charge in [-0.2, -0.15) is 0 Å². The van der Waals surface area contributed by atoms with Crippen molar-refractivity contribution in [1.29, 1.82) is 0 Å². The number of carbonyl (C=O) groups excluding carboxylic acids is 2. The van der Waals surface area contributed by atoms with Crippen LogP contribution in [-0.2, 0) is 14.4 Å². The van der Waals surface area contributed by atoms with E-state index in [1.54, 1.807) is 0 Å². The first-order chi connectivity index (χ1) is 8.40. The minimum absolute atomic E-state index is 0.0184. The number of fused-ring (bicyclic) bond motifs is 1. The second-order valence-electron chi connectivity index (χ2n) is 5.83. The van der Waals surface area contributed by atoms with E-state index in [0.717, 1.165) is 6.42 Å². The van der Waals surface area contributed by atoms with Crippen molar-refractivity contribution in [1.82, 2.24) is 4.90 Å². The number of amides is 2. The van der Waals surface area contributed by atoms with Gasteiger partial charge < -0.3 is 5.11 Å². The molecule has 2 fully saturated rings. The van der Waals surface area contributed by atoms with Gasteiger partial charge in [-0.25, -0.2) is 0 Å². The Morgan fingerprint density at radius 2 is 1.89 bits per heavy atom. The van der Waals surface area contributed by atoms with Gasteiger partial charge in [-0.1, -0.05) is 13.8 Å². The maximum atomic E-state index is 11.8. The van der Waals surface area contributed by atoms with Crippen LogP contribution in [0.1, 0.15) is 33.1 Å². The molecule has 18 heavy (non-hydrogen) atoms. The number of rotatable bonds is 6. The van der Waals surface area contributed by atoms with Gasteiger partial charge in [0.15, 0.2) is 0 Å². The second-order valence-corrected chi connectivity index (χ2v) is 5.83. The summed E-state index contributed by atoms with van der Waals surface area (Å²) in [5.74, 6) is -1.02. The molecule has 5 heteroatoms. The summed E-state index contributed by atoms with van der Waals surface area (Å²) in [7, 11) is 0. The Bertz CT molecular complexity index is 370. The van der Waals surface area contributed by atoms with E-state index in [2.05, 4.69) is 0 Å². The van der Waals surface area contributed by atoms with E-state index in [1.807, 2.05) is 13.8 Å². The van der Waals surface area contributed by atoms with E-state index in [9.17, 15) is 14.4 Å². The molecule has 1 aliphatic carbocycles.